The molecule has 2 saturated heterocycles. The van der Waals surface area contributed by atoms with Gasteiger partial charge in [0.05, 0.1) is 20.3 Å². The second-order valence-corrected chi connectivity index (χ2v) is 9.92. The minimum Gasteiger partial charge on any atom is -0.494 e. The first-order chi connectivity index (χ1) is 19.6. The normalized spacial score (nSPS) is 16.4. The molecule has 4 N–H and O–H groups in total. The minimum atomic E-state index is -0.691. The highest BCUT2D eigenvalue weighted by molar-refractivity contribution is 5.97. The van der Waals surface area contributed by atoms with E-state index in [1.54, 1.807) is 25.4 Å². The van der Waals surface area contributed by atoms with Crippen LogP contribution in [0.2, 0.25) is 0 Å². The van der Waals surface area contributed by atoms with Gasteiger partial charge in [0, 0.05) is 50.8 Å². The number of ether oxygens (including phenoxy) is 3. The van der Waals surface area contributed by atoms with Crippen molar-refractivity contribution in [2.45, 2.75) is 38.8 Å². The lowest BCUT2D eigenvalue weighted by molar-refractivity contribution is 0.0341. The Hall–Kier alpha value is -3.80. The standard InChI is InChI=1S/C29H37N7O4/c1-3-19-17-22(7-6-20(19)18-36-11-15-40-16-12-36)33-29-26(27(30)37)34-25(24-23(38-2)5-4-10-31-24)28(35-29)32-21-8-13-39-14-9-21/h4-7,10,17,21H,3,8-9,11-16,18H2,1-2H3,(H2,30,37)(H2,32,33,35). The molecule has 4 heterocycles. The number of nitrogens with two attached hydrogens (primary N) is 1. The molecule has 0 unspecified atom stereocenters. The second-order valence-electron chi connectivity index (χ2n) is 9.92. The van der Waals surface area contributed by atoms with Gasteiger partial charge >= 0.3 is 0 Å². The quantitative estimate of drug-likeness (QED) is 0.346. The third-order valence-electron chi connectivity index (χ3n) is 7.25. The van der Waals surface area contributed by atoms with Crippen LogP contribution in [0.25, 0.3) is 11.4 Å². The minimum absolute atomic E-state index is 0.0238. The molecular formula is C29H37N7O4. The fourth-order valence-corrected chi connectivity index (χ4v) is 5.05. The van der Waals surface area contributed by atoms with E-state index >= 15 is 0 Å². The van der Waals surface area contributed by atoms with Crippen molar-refractivity contribution < 1.29 is 19.0 Å². The molecule has 0 radical (unpaired) electrons. The van der Waals surface area contributed by atoms with Gasteiger partial charge in [-0.2, -0.15) is 0 Å². The molecule has 1 aromatic carbocycles. The summed E-state index contributed by atoms with van der Waals surface area (Å²) in [6.07, 6.45) is 4.17. The fraction of sp³-hybridized carbons (Fsp3) is 0.448. The number of amides is 1. The lowest BCUT2D eigenvalue weighted by Crippen LogP contribution is -2.35. The van der Waals surface area contributed by atoms with E-state index in [0.29, 0.717) is 36.2 Å². The monoisotopic (exact) mass is 547 g/mol. The highest BCUT2D eigenvalue weighted by Gasteiger charge is 2.25. The fourth-order valence-electron chi connectivity index (χ4n) is 5.05. The molecule has 2 aliphatic heterocycles. The van der Waals surface area contributed by atoms with Crippen LogP contribution >= 0.6 is 0 Å². The van der Waals surface area contributed by atoms with Crippen molar-refractivity contribution in [3.63, 3.8) is 0 Å². The highest BCUT2D eigenvalue weighted by atomic mass is 16.5. The van der Waals surface area contributed by atoms with Gasteiger partial charge < -0.3 is 30.6 Å². The van der Waals surface area contributed by atoms with Crippen LogP contribution in [0, 0.1) is 0 Å². The number of nitrogens with one attached hydrogen (secondary N) is 2. The van der Waals surface area contributed by atoms with Crippen LogP contribution in [0.1, 0.15) is 41.4 Å². The molecule has 11 heteroatoms. The maximum atomic E-state index is 12.6. The van der Waals surface area contributed by atoms with Crippen molar-refractivity contribution in [1.82, 2.24) is 19.9 Å². The Bertz CT molecular complexity index is 1320. The zero-order valence-electron chi connectivity index (χ0n) is 23.1. The number of aromatic nitrogens is 3. The predicted molar refractivity (Wildman–Crippen MR) is 153 cm³/mol. The highest BCUT2D eigenvalue weighted by Crippen LogP contribution is 2.34. The second kappa shape index (κ2) is 13.0. The Balaban J connectivity index is 1.50. The summed E-state index contributed by atoms with van der Waals surface area (Å²) < 4.78 is 16.6. The molecule has 1 amide bonds. The average molecular weight is 548 g/mol. The van der Waals surface area contributed by atoms with Gasteiger partial charge in [-0.05, 0) is 54.7 Å². The summed E-state index contributed by atoms with van der Waals surface area (Å²) in [4.78, 5) is 29.1. The van der Waals surface area contributed by atoms with Gasteiger partial charge in [-0.25, -0.2) is 9.97 Å². The number of primary amides is 1. The third-order valence-corrected chi connectivity index (χ3v) is 7.25. The summed E-state index contributed by atoms with van der Waals surface area (Å²) in [5.74, 6) is 0.606. The van der Waals surface area contributed by atoms with Gasteiger partial charge in [0.25, 0.3) is 5.91 Å². The summed E-state index contributed by atoms with van der Waals surface area (Å²) in [6, 6.07) is 9.94. The van der Waals surface area contributed by atoms with Crippen LogP contribution in [-0.2, 0) is 22.4 Å². The molecule has 0 atom stereocenters. The van der Waals surface area contributed by atoms with Crippen molar-refractivity contribution in [3.05, 3.63) is 53.3 Å². The smallest absolute Gasteiger partial charge is 0.271 e. The molecule has 212 valence electrons. The van der Waals surface area contributed by atoms with Gasteiger partial charge in [0.1, 0.15) is 17.1 Å². The number of carbonyl (C=O) groups is 1. The van der Waals surface area contributed by atoms with Crippen LogP contribution in [0.4, 0.5) is 17.3 Å². The molecule has 0 spiro atoms. The molecule has 0 aliphatic carbocycles. The SMILES string of the molecule is CCc1cc(Nc2nc(NC3CCOCC3)c(-c3ncccc3OC)nc2C(N)=O)ccc1CN1CCOCC1. The Morgan fingerprint density at radius 1 is 1.05 bits per heavy atom. The zero-order chi connectivity index (χ0) is 27.9. The lowest BCUT2D eigenvalue weighted by Gasteiger charge is -2.27. The Morgan fingerprint density at radius 2 is 1.82 bits per heavy atom. The van der Waals surface area contributed by atoms with E-state index in [-0.39, 0.29) is 17.6 Å². The molecule has 2 fully saturated rings. The average Bonchev–Trinajstić information content (AvgIpc) is 2.99. The lowest BCUT2D eigenvalue weighted by atomic mass is 10.0. The first-order valence-electron chi connectivity index (χ1n) is 13.8. The van der Waals surface area contributed by atoms with Crippen LogP contribution < -0.4 is 21.1 Å². The van der Waals surface area contributed by atoms with Crippen LogP contribution in [0.3, 0.4) is 0 Å². The Morgan fingerprint density at radius 3 is 2.55 bits per heavy atom. The van der Waals surface area contributed by atoms with Crippen molar-refractivity contribution >= 4 is 23.2 Å². The van der Waals surface area contributed by atoms with Crippen LogP contribution in [0.15, 0.2) is 36.5 Å². The van der Waals surface area contributed by atoms with Crippen molar-refractivity contribution in [3.8, 4) is 17.1 Å². The molecule has 2 aliphatic rings. The van der Waals surface area contributed by atoms with Crippen LogP contribution in [-0.4, -0.2) is 78.4 Å². The molecule has 3 aromatic rings. The summed E-state index contributed by atoms with van der Waals surface area (Å²) in [5, 5.41) is 6.83. The van der Waals surface area contributed by atoms with Crippen LogP contribution in [0.5, 0.6) is 5.75 Å². The van der Waals surface area contributed by atoms with Crippen molar-refractivity contribution in [2.75, 3.05) is 57.3 Å². The number of aryl methyl sites for hydroxylation is 1. The molecule has 40 heavy (non-hydrogen) atoms. The number of benzene rings is 1. The number of hydrogen-bond donors (Lipinski definition) is 3. The predicted octanol–water partition coefficient (Wildman–Crippen LogP) is 3.38. The number of rotatable bonds is 10. The first-order valence-corrected chi connectivity index (χ1v) is 13.8. The number of methoxy groups -OCH3 is 1. The number of anilines is 3. The molecule has 5 rings (SSSR count). The molecule has 11 nitrogen and oxygen atoms in total. The largest absolute Gasteiger partial charge is 0.494 e. The van der Waals surface area contributed by atoms with Gasteiger partial charge in [-0.3, -0.25) is 14.7 Å². The van der Waals surface area contributed by atoms with E-state index in [0.717, 1.165) is 57.8 Å². The number of morpholine rings is 1. The number of nitrogens with zero attached hydrogens (tertiary/aromatic N) is 4. The van der Waals surface area contributed by atoms with E-state index in [9.17, 15) is 4.79 Å². The zero-order valence-corrected chi connectivity index (χ0v) is 23.1. The number of carbonyl (C=O) groups excluding carboxylic acids is 1. The molecule has 0 bridgehead atoms. The third kappa shape index (κ3) is 6.49. The van der Waals surface area contributed by atoms with E-state index in [2.05, 4.69) is 39.6 Å². The molecule has 0 saturated carbocycles. The summed E-state index contributed by atoms with van der Waals surface area (Å²) in [5.41, 5.74) is 10.0. The summed E-state index contributed by atoms with van der Waals surface area (Å²) >= 11 is 0. The van der Waals surface area contributed by atoms with Gasteiger partial charge in [0.2, 0.25) is 0 Å². The summed E-state index contributed by atoms with van der Waals surface area (Å²) in [6.45, 7) is 7.72. The topological polar surface area (TPSA) is 137 Å². The first kappa shape index (κ1) is 27.8. The molecule has 2 aromatic heterocycles. The Labute approximate surface area is 234 Å². The number of hydrogen-bond acceptors (Lipinski definition) is 10. The number of pyridine rings is 1. The van der Waals surface area contributed by atoms with Gasteiger partial charge in [0.15, 0.2) is 17.3 Å². The van der Waals surface area contributed by atoms with Crippen molar-refractivity contribution in [1.29, 1.82) is 0 Å². The summed E-state index contributed by atoms with van der Waals surface area (Å²) in [7, 11) is 1.57. The maximum absolute atomic E-state index is 12.6. The van der Waals surface area contributed by atoms with E-state index in [1.165, 1.54) is 11.1 Å². The Kier molecular flexibility index (Phi) is 9.04. The van der Waals surface area contributed by atoms with Gasteiger partial charge in [-0.15, -0.1) is 0 Å². The van der Waals surface area contributed by atoms with E-state index in [4.69, 9.17) is 29.9 Å². The van der Waals surface area contributed by atoms with Crippen molar-refractivity contribution in [2.24, 2.45) is 5.73 Å². The maximum Gasteiger partial charge on any atom is 0.271 e. The van der Waals surface area contributed by atoms with E-state index < -0.39 is 5.91 Å². The molecular weight excluding hydrogens is 510 g/mol. The van der Waals surface area contributed by atoms with E-state index in [1.807, 2.05) is 6.07 Å². The van der Waals surface area contributed by atoms with Gasteiger partial charge in [-0.1, -0.05) is 13.0 Å².